The van der Waals surface area contributed by atoms with Crippen LogP contribution in [0.25, 0.3) is 0 Å². The summed E-state index contributed by atoms with van der Waals surface area (Å²) < 4.78 is 72.3. The summed E-state index contributed by atoms with van der Waals surface area (Å²) in [5.41, 5.74) is 0. The molecule has 3 nitrogen and oxygen atoms in total. The zero-order chi connectivity index (χ0) is 13.9. The Balaban J connectivity index is 3.06. The van der Waals surface area contributed by atoms with Crippen molar-refractivity contribution in [3.05, 3.63) is 29.1 Å². The maximum absolute atomic E-state index is 13.0. The lowest BCUT2D eigenvalue weighted by Gasteiger charge is -2.08. The Labute approximate surface area is 98.1 Å². The molecule has 0 atom stereocenters. The van der Waals surface area contributed by atoms with Gasteiger partial charge < -0.3 is 9.47 Å². The molecule has 0 fully saturated rings. The van der Waals surface area contributed by atoms with Crippen molar-refractivity contribution in [3.8, 4) is 5.75 Å². The molecule has 1 aromatic rings. The van der Waals surface area contributed by atoms with Crippen LogP contribution < -0.4 is 4.74 Å². The number of halogens is 5. The summed E-state index contributed by atoms with van der Waals surface area (Å²) in [6, 6.07) is 0. The Bertz CT molecular complexity index is 446. The van der Waals surface area contributed by atoms with Gasteiger partial charge in [-0.05, 0) is 6.42 Å². The lowest BCUT2D eigenvalue weighted by atomic mass is 10.3. The quantitative estimate of drug-likeness (QED) is 0.278. The van der Waals surface area contributed by atoms with E-state index < -0.39 is 41.0 Å². The third-order valence-electron chi connectivity index (χ3n) is 1.78. The number of carbonyl (C=O) groups is 1. The third-order valence-corrected chi connectivity index (χ3v) is 1.78. The van der Waals surface area contributed by atoms with Crippen molar-refractivity contribution in [3.63, 3.8) is 0 Å². The van der Waals surface area contributed by atoms with E-state index in [-0.39, 0.29) is 6.61 Å². The molecule has 0 heterocycles. The molecule has 100 valence electrons. The zero-order valence-electron chi connectivity index (χ0n) is 9.03. The van der Waals surface area contributed by atoms with Gasteiger partial charge in [0.1, 0.15) is 0 Å². The fraction of sp³-hybridized carbons (Fsp3) is 0.300. The summed E-state index contributed by atoms with van der Waals surface area (Å²) in [6.45, 7) is 1.51. The topological polar surface area (TPSA) is 35.5 Å². The maximum atomic E-state index is 13.0. The third kappa shape index (κ3) is 2.69. The minimum atomic E-state index is -2.33. The van der Waals surface area contributed by atoms with Crippen molar-refractivity contribution < 1.29 is 36.2 Å². The molecule has 8 heteroatoms. The molecule has 0 saturated carbocycles. The second-order valence-electron chi connectivity index (χ2n) is 3.10. The first-order valence-electron chi connectivity index (χ1n) is 4.76. The van der Waals surface area contributed by atoms with E-state index >= 15 is 0 Å². The summed E-state index contributed by atoms with van der Waals surface area (Å²) >= 11 is 0. The number of benzene rings is 1. The molecule has 0 aliphatic rings. The second kappa shape index (κ2) is 5.65. The smallest absolute Gasteiger partial charge is 0.434 e. The highest BCUT2D eigenvalue weighted by atomic mass is 19.2. The average molecular weight is 270 g/mol. The van der Waals surface area contributed by atoms with E-state index in [0.29, 0.717) is 6.42 Å². The standard InChI is InChI=1S/C10H7F5O3/c1-2-3-17-10(16)18-9-7(14)5(12)4(11)6(13)8(9)15/h2-3H2,1H3. The average Bonchev–Trinajstić information content (AvgIpc) is 2.36. The molecule has 0 bridgehead atoms. The Hall–Kier alpha value is -1.86. The molecule has 0 radical (unpaired) electrons. The lowest BCUT2D eigenvalue weighted by Crippen LogP contribution is -2.15. The van der Waals surface area contributed by atoms with Crippen LogP contribution in [0.5, 0.6) is 5.75 Å². The molecule has 0 aliphatic heterocycles. The molecule has 0 spiro atoms. The summed E-state index contributed by atoms with van der Waals surface area (Å²) in [5, 5.41) is 0. The van der Waals surface area contributed by atoms with Crippen molar-refractivity contribution in [1.29, 1.82) is 0 Å². The van der Waals surface area contributed by atoms with Gasteiger partial charge in [0, 0.05) is 0 Å². The maximum Gasteiger partial charge on any atom is 0.514 e. The molecule has 0 aliphatic carbocycles. The number of ether oxygens (including phenoxy) is 2. The van der Waals surface area contributed by atoms with Crippen LogP contribution in [0.15, 0.2) is 0 Å². The molecular weight excluding hydrogens is 263 g/mol. The lowest BCUT2D eigenvalue weighted by molar-refractivity contribution is 0.0950. The van der Waals surface area contributed by atoms with E-state index in [2.05, 4.69) is 9.47 Å². The van der Waals surface area contributed by atoms with Crippen LogP contribution in [0.1, 0.15) is 13.3 Å². The van der Waals surface area contributed by atoms with Crippen molar-refractivity contribution in [2.75, 3.05) is 6.61 Å². The van der Waals surface area contributed by atoms with Gasteiger partial charge in [-0.2, -0.15) is 8.78 Å². The molecular formula is C10H7F5O3. The van der Waals surface area contributed by atoms with Crippen LogP contribution >= 0.6 is 0 Å². The van der Waals surface area contributed by atoms with Crippen molar-refractivity contribution in [1.82, 2.24) is 0 Å². The summed E-state index contributed by atoms with van der Waals surface area (Å²) in [5.74, 6) is -12.9. The van der Waals surface area contributed by atoms with E-state index in [1.807, 2.05) is 0 Å². The Morgan fingerprint density at radius 2 is 1.39 bits per heavy atom. The SMILES string of the molecule is CCCOC(=O)Oc1c(F)c(F)c(F)c(F)c1F. The number of carbonyl (C=O) groups excluding carboxylic acids is 1. The van der Waals surface area contributed by atoms with Gasteiger partial charge in [-0.3, -0.25) is 0 Å². The van der Waals surface area contributed by atoms with Crippen LogP contribution in [0.3, 0.4) is 0 Å². The van der Waals surface area contributed by atoms with Gasteiger partial charge in [0.25, 0.3) is 0 Å². The van der Waals surface area contributed by atoms with Crippen LogP contribution in [0, 0.1) is 29.1 Å². The van der Waals surface area contributed by atoms with Gasteiger partial charge in [-0.1, -0.05) is 6.92 Å². The molecule has 0 unspecified atom stereocenters. The van der Waals surface area contributed by atoms with E-state index in [0.717, 1.165) is 0 Å². The Morgan fingerprint density at radius 3 is 1.83 bits per heavy atom. The van der Waals surface area contributed by atoms with Gasteiger partial charge in [0.05, 0.1) is 6.61 Å². The van der Waals surface area contributed by atoms with Crippen LogP contribution in [0.2, 0.25) is 0 Å². The monoisotopic (exact) mass is 270 g/mol. The Kier molecular flexibility index (Phi) is 4.46. The minimum Gasteiger partial charge on any atom is -0.434 e. The first-order chi connectivity index (χ1) is 8.40. The van der Waals surface area contributed by atoms with E-state index in [1.54, 1.807) is 6.92 Å². The van der Waals surface area contributed by atoms with E-state index in [1.165, 1.54) is 0 Å². The Morgan fingerprint density at radius 1 is 0.944 bits per heavy atom. The predicted molar refractivity (Wildman–Crippen MR) is 48.5 cm³/mol. The fourth-order valence-electron chi connectivity index (χ4n) is 0.973. The molecule has 0 aromatic heterocycles. The highest BCUT2D eigenvalue weighted by Gasteiger charge is 2.28. The largest absolute Gasteiger partial charge is 0.514 e. The van der Waals surface area contributed by atoms with E-state index in [9.17, 15) is 26.7 Å². The molecule has 0 saturated heterocycles. The minimum absolute atomic E-state index is 0.117. The van der Waals surface area contributed by atoms with Gasteiger partial charge in [0.2, 0.25) is 34.8 Å². The molecule has 1 rings (SSSR count). The van der Waals surface area contributed by atoms with Gasteiger partial charge in [-0.15, -0.1) is 0 Å². The van der Waals surface area contributed by atoms with Crippen molar-refractivity contribution >= 4 is 6.16 Å². The summed E-state index contributed by atoms with van der Waals surface area (Å²) in [4.78, 5) is 10.9. The summed E-state index contributed by atoms with van der Waals surface area (Å²) in [7, 11) is 0. The first-order valence-corrected chi connectivity index (χ1v) is 4.76. The molecule has 1 aromatic carbocycles. The second-order valence-corrected chi connectivity index (χ2v) is 3.10. The van der Waals surface area contributed by atoms with Crippen LogP contribution in [0.4, 0.5) is 26.7 Å². The van der Waals surface area contributed by atoms with Gasteiger partial charge in [0.15, 0.2) is 0 Å². The number of hydrogen-bond donors (Lipinski definition) is 0. The van der Waals surface area contributed by atoms with Crippen LogP contribution in [-0.4, -0.2) is 12.8 Å². The molecule has 0 amide bonds. The van der Waals surface area contributed by atoms with Gasteiger partial charge >= 0.3 is 6.16 Å². The highest BCUT2D eigenvalue weighted by molar-refractivity contribution is 5.64. The van der Waals surface area contributed by atoms with Gasteiger partial charge in [-0.25, -0.2) is 18.0 Å². The van der Waals surface area contributed by atoms with Crippen molar-refractivity contribution in [2.24, 2.45) is 0 Å². The number of hydrogen-bond acceptors (Lipinski definition) is 3. The number of rotatable bonds is 3. The summed E-state index contributed by atoms with van der Waals surface area (Å²) in [6.07, 6.45) is -1.16. The fourth-order valence-corrected chi connectivity index (χ4v) is 0.973. The predicted octanol–water partition coefficient (Wildman–Crippen LogP) is 3.31. The highest BCUT2D eigenvalue weighted by Crippen LogP contribution is 2.29. The van der Waals surface area contributed by atoms with Crippen molar-refractivity contribution in [2.45, 2.75) is 13.3 Å². The normalized spacial score (nSPS) is 10.3. The van der Waals surface area contributed by atoms with Crippen LogP contribution in [-0.2, 0) is 4.74 Å². The molecule has 18 heavy (non-hydrogen) atoms. The molecule has 0 N–H and O–H groups in total. The first kappa shape index (κ1) is 14.2. The van der Waals surface area contributed by atoms with E-state index in [4.69, 9.17) is 0 Å². The zero-order valence-corrected chi connectivity index (χ0v) is 9.03.